The molecule has 3 amide bonds. The van der Waals surface area contributed by atoms with Gasteiger partial charge in [-0.1, -0.05) is 6.92 Å². The van der Waals surface area contributed by atoms with Crippen LogP contribution in [0.4, 0.5) is 0 Å². The normalized spacial score (nSPS) is 11.0. The van der Waals surface area contributed by atoms with Gasteiger partial charge in [-0.25, -0.2) is 0 Å². The Balaban J connectivity index is 4.39. The molecule has 3 N–H and O–H groups in total. The van der Waals surface area contributed by atoms with Crippen molar-refractivity contribution < 1.29 is 28.6 Å². The standard InChI is InChI=1S/C14H27N3O6/c1-14(8-21-5-11(18)15-2,9-22-6-12(19)16-3)10-23-7-13(20)17-4/h5-10H2,1-4H3,(H,15,18)(H,16,19)(H,17,20). The van der Waals surface area contributed by atoms with Gasteiger partial charge < -0.3 is 30.2 Å². The summed E-state index contributed by atoms with van der Waals surface area (Å²) in [6.45, 7) is 2.11. The Morgan fingerprint density at radius 2 is 0.957 bits per heavy atom. The molecule has 0 unspecified atom stereocenters. The van der Waals surface area contributed by atoms with Gasteiger partial charge in [0.05, 0.1) is 19.8 Å². The number of carbonyl (C=O) groups is 3. The molecule has 0 atom stereocenters. The molecule has 0 saturated heterocycles. The molecule has 0 aliphatic rings. The van der Waals surface area contributed by atoms with Crippen LogP contribution in [0.1, 0.15) is 6.92 Å². The third kappa shape index (κ3) is 10.6. The molecular weight excluding hydrogens is 306 g/mol. The third-order valence-corrected chi connectivity index (χ3v) is 2.89. The zero-order valence-electron chi connectivity index (χ0n) is 14.2. The molecule has 0 rings (SSSR count). The molecule has 0 heterocycles. The van der Waals surface area contributed by atoms with Crippen molar-refractivity contribution >= 4 is 17.7 Å². The summed E-state index contributed by atoms with van der Waals surface area (Å²) < 4.78 is 16.0. The number of rotatable bonds is 12. The number of nitrogens with one attached hydrogen (secondary N) is 3. The van der Waals surface area contributed by atoms with Crippen molar-refractivity contribution in [2.24, 2.45) is 5.41 Å². The van der Waals surface area contributed by atoms with Gasteiger partial charge in [0, 0.05) is 26.6 Å². The molecule has 0 saturated carbocycles. The second-order valence-electron chi connectivity index (χ2n) is 5.31. The van der Waals surface area contributed by atoms with E-state index in [9.17, 15) is 14.4 Å². The minimum atomic E-state index is -0.601. The number of ether oxygens (including phenoxy) is 3. The van der Waals surface area contributed by atoms with Gasteiger partial charge in [-0.2, -0.15) is 0 Å². The monoisotopic (exact) mass is 333 g/mol. The van der Waals surface area contributed by atoms with E-state index < -0.39 is 5.41 Å². The molecule has 9 heteroatoms. The summed E-state index contributed by atoms with van der Waals surface area (Å²) >= 11 is 0. The quantitative estimate of drug-likeness (QED) is 0.391. The lowest BCUT2D eigenvalue weighted by molar-refractivity contribution is -0.133. The van der Waals surface area contributed by atoms with E-state index in [-0.39, 0.29) is 57.4 Å². The molecule has 0 fully saturated rings. The Labute approximate surface area is 136 Å². The molecule has 0 spiro atoms. The highest BCUT2D eigenvalue weighted by Crippen LogP contribution is 2.18. The van der Waals surface area contributed by atoms with Crippen LogP contribution < -0.4 is 16.0 Å². The summed E-state index contributed by atoms with van der Waals surface area (Å²) in [6.07, 6.45) is 0. The maximum Gasteiger partial charge on any atom is 0.245 e. The van der Waals surface area contributed by atoms with E-state index in [0.717, 1.165) is 0 Å². The molecule has 23 heavy (non-hydrogen) atoms. The van der Waals surface area contributed by atoms with Crippen LogP contribution >= 0.6 is 0 Å². The van der Waals surface area contributed by atoms with E-state index in [1.807, 2.05) is 6.92 Å². The number of amides is 3. The molecule has 0 radical (unpaired) electrons. The second-order valence-corrected chi connectivity index (χ2v) is 5.31. The summed E-state index contributed by atoms with van der Waals surface area (Å²) in [5.41, 5.74) is -0.601. The first kappa shape index (κ1) is 21.3. The Morgan fingerprint density at radius 1 is 0.696 bits per heavy atom. The summed E-state index contributed by atoms with van der Waals surface area (Å²) in [4.78, 5) is 33.5. The van der Waals surface area contributed by atoms with Gasteiger partial charge in [-0.15, -0.1) is 0 Å². The van der Waals surface area contributed by atoms with E-state index in [1.54, 1.807) is 0 Å². The first-order chi connectivity index (χ1) is 10.9. The van der Waals surface area contributed by atoms with Crippen molar-refractivity contribution in [3.05, 3.63) is 0 Å². The Kier molecular flexibility index (Phi) is 10.9. The Hall–Kier alpha value is -1.71. The fraction of sp³-hybridized carbons (Fsp3) is 0.786. The predicted octanol–water partition coefficient (Wildman–Crippen LogP) is -1.72. The van der Waals surface area contributed by atoms with E-state index in [0.29, 0.717) is 0 Å². The molecular formula is C14H27N3O6. The third-order valence-electron chi connectivity index (χ3n) is 2.89. The number of hydrogen-bond donors (Lipinski definition) is 3. The van der Waals surface area contributed by atoms with Crippen LogP contribution in [-0.4, -0.2) is 78.5 Å². The fourth-order valence-electron chi connectivity index (χ4n) is 1.51. The van der Waals surface area contributed by atoms with Crippen molar-refractivity contribution in [2.75, 3.05) is 60.8 Å². The smallest absolute Gasteiger partial charge is 0.245 e. The molecule has 0 aliphatic heterocycles. The van der Waals surface area contributed by atoms with Gasteiger partial charge in [0.2, 0.25) is 17.7 Å². The summed E-state index contributed by atoms with van der Waals surface area (Å²) in [6, 6.07) is 0. The highest BCUT2D eigenvalue weighted by molar-refractivity contribution is 5.77. The molecule has 0 aliphatic carbocycles. The van der Waals surface area contributed by atoms with Gasteiger partial charge in [0.15, 0.2) is 0 Å². The Bertz CT molecular complexity index is 334. The zero-order valence-corrected chi connectivity index (χ0v) is 14.2. The fourth-order valence-corrected chi connectivity index (χ4v) is 1.51. The first-order valence-corrected chi connectivity index (χ1v) is 7.22. The van der Waals surface area contributed by atoms with E-state index in [2.05, 4.69) is 16.0 Å². The lowest BCUT2D eigenvalue weighted by atomic mass is 9.94. The maximum atomic E-state index is 11.2. The van der Waals surface area contributed by atoms with E-state index in [4.69, 9.17) is 14.2 Å². The van der Waals surface area contributed by atoms with E-state index >= 15 is 0 Å². The van der Waals surface area contributed by atoms with Crippen molar-refractivity contribution in [1.29, 1.82) is 0 Å². The molecule has 9 nitrogen and oxygen atoms in total. The molecule has 134 valence electrons. The minimum Gasteiger partial charge on any atom is -0.371 e. The van der Waals surface area contributed by atoms with Crippen LogP contribution in [0.15, 0.2) is 0 Å². The Morgan fingerprint density at radius 3 is 1.17 bits per heavy atom. The van der Waals surface area contributed by atoms with Gasteiger partial charge in [-0.05, 0) is 0 Å². The number of likely N-dealkylation sites (N-methyl/N-ethyl adjacent to an activating group) is 3. The SMILES string of the molecule is CNC(=O)COCC(C)(COCC(=O)NC)COCC(=O)NC. The maximum absolute atomic E-state index is 11.2. The molecule has 0 bridgehead atoms. The molecule has 0 aromatic rings. The highest BCUT2D eigenvalue weighted by atomic mass is 16.5. The average molecular weight is 333 g/mol. The summed E-state index contributed by atoms with van der Waals surface area (Å²) in [5.74, 6) is -0.736. The highest BCUT2D eigenvalue weighted by Gasteiger charge is 2.27. The van der Waals surface area contributed by atoms with Crippen LogP contribution in [0.25, 0.3) is 0 Å². The van der Waals surface area contributed by atoms with Crippen molar-refractivity contribution in [1.82, 2.24) is 16.0 Å². The topological polar surface area (TPSA) is 115 Å². The first-order valence-electron chi connectivity index (χ1n) is 7.22. The second kappa shape index (κ2) is 11.8. The summed E-state index contributed by atoms with van der Waals surface area (Å²) in [5, 5.41) is 7.35. The molecule has 0 aromatic carbocycles. The van der Waals surface area contributed by atoms with Crippen LogP contribution in [0.2, 0.25) is 0 Å². The van der Waals surface area contributed by atoms with Crippen molar-refractivity contribution in [3.8, 4) is 0 Å². The zero-order chi connectivity index (χ0) is 17.7. The lowest BCUT2D eigenvalue weighted by Crippen LogP contribution is -2.38. The van der Waals surface area contributed by atoms with Crippen LogP contribution in [0.3, 0.4) is 0 Å². The average Bonchev–Trinajstić information content (AvgIpc) is 2.54. The minimum absolute atomic E-state index is 0.0863. The van der Waals surface area contributed by atoms with Gasteiger partial charge in [0.25, 0.3) is 0 Å². The summed E-state index contributed by atoms with van der Waals surface area (Å²) in [7, 11) is 4.55. The van der Waals surface area contributed by atoms with Crippen molar-refractivity contribution in [3.63, 3.8) is 0 Å². The van der Waals surface area contributed by atoms with Crippen molar-refractivity contribution in [2.45, 2.75) is 6.92 Å². The van der Waals surface area contributed by atoms with Crippen LogP contribution in [0, 0.1) is 5.41 Å². The predicted molar refractivity (Wildman–Crippen MR) is 82.8 cm³/mol. The van der Waals surface area contributed by atoms with Gasteiger partial charge in [-0.3, -0.25) is 14.4 Å². The number of carbonyl (C=O) groups excluding carboxylic acids is 3. The molecule has 0 aromatic heterocycles. The van der Waals surface area contributed by atoms with Gasteiger partial charge >= 0.3 is 0 Å². The van der Waals surface area contributed by atoms with Crippen LogP contribution in [-0.2, 0) is 28.6 Å². The largest absolute Gasteiger partial charge is 0.371 e. The lowest BCUT2D eigenvalue weighted by Gasteiger charge is -2.28. The van der Waals surface area contributed by atoms with Crippen LogP contribution in [0.5, 0.6) is 0 Å². The number of hydrogen-bond acceptors (Lipinski definition) is 6. The van der Waals surface area contributed by atoms with Gasteiger partial charge in [0.1, 0.15) is 19.8 Å². The van der Waals surface area contributed by atoms with E-state index in [1.165, 1.54) is 21.1 Å².